The molecule has 138 valence electrons. The van der Waals surface area contributed by atoms with Crippen molar-refractivity contribution in [2.45, 2.75) is 20.4 Å². The summed E-state index contributed by atoms with van der Waals surface area (Å²) in [6, 6.07) is 8.15. The number of aliphatic imine (C=N–C) groups is 1. The summed E-state index contributed by atoms with van der Waals surface area (Å²) in [5.41, 5.74) is 1.49. The van der Waals surface area contributed by atoms with E-state index in [0.29, 0.717) is 0 Å². The minimum atomic E-state index is 0.217. The van der Waals surface area contributed by atoms with Crippen molar-refractivity contribution in [1.29, 1.82) is 0 Å². The number of hydrogen-bond acceptors (Lipinski definition) is 3. The van der Waals surface area contributed by atoms with Crippen molar-refractivity contribution in [3.8, 4) is 0 Å². The fraction of sp³-hybridized carbons (Fsp3) is 0.632. The normalized spacial score (nSPS) is 21.1. The maximum atomic E-state index is 6.09. The molecule has 0 atom stereocenters. The topological polar surface area (TPSA) is 40.1 Å². The molecule has 0 saturated carbocycles. The minimum Gasteiger partial charge on any atom is -0.380 e. The summed E-state index contributed by atoms with van der Waals surface area (Å²) in [5, 5.41) is 4.26. The lowest BCUT2D eigenvalue weighted by molar-refractivity contribution is -0.0946. The molecule has 0 bridgehead atoms. The van der Waals surface area contributed by atoms with Crippen LogP contribution in [0.25, 0.3) is 0 Å². The van der Waals surface area contributed by atoms with E-state index < -0.39 is 0 Å². The summed E-state index contributed by atoms with van der Waals surface area (Å²) in [7, 11) is 0. The Morgan fingerprint density at radius 1 is 1.28 bits per heavy atom. The molecule has 1 aromatic rings. The molecule has 6 heteroatoms. The van der Waals surface area contributed by atoms with E-state index in [9.17, 15) is 0 Å². The molecule has 2 heterocycles. The number of hydrogen-bond donors (Lipinski definition) is 1. The largest absolute Gasteiger partial charge is 0.380 e. The van der Waals surface area contributed by atoms with Gasteiger partial charge in [-0.1, -0.05) is 30.7 Å². The predicted octanol–water partition coefficient (Wildman–Crippen LogP) is 2.46. The van der Waals surface area contributed by atoms with E-state index in [2.05, 4.69) is 41.1 Å². The number of ether oxygens (including phenoxy) is 1. The van der Waals surface area contributed by atoms with E-state index in [1.165, 1.54) is 5.56 Å². The highest BCUT2D eigenvalue weighted by molar-refractivity contribution is 6.30. The standard InChI is InChI=1S/C19H29ClN4O/c1-3-21-18(22-13-19(2)14-25-15-19)24-9-7-23(8-10-24)12-16-5-4-6-17(20)11-16/h4-6,11H,3,7-10,12-15H2,1-2H3,(H,21,22). The highest BCUT2D eigenvalue weighted by atomic mass is 35.5. The third-order valence-corrected chi connectivity index (χ3v) is 5.05. The number of guanidine groups is 1. The maximum Gasteiger partial charge on any atom is 0.194 e. The number of benzene rings is 1. The van der Waals surface area contributed by atoms with Crippen LogP contribution >= 0.6 is 11.6 Å². The van der Waals surface area contributed by atoms with Crippen molar-refractivity contribution in [2.75, 3.05) is 52.5 Å². The molecule has 2 aliphatic heterocycles. The first-order chi connectivity index (χ1) is 12.1. The number of halogens is 1. The molecule has 0 spiro atoms. The number of nitrogens with one attached hydrogen (secondary N) is 1. The van der Waals surface area contributed by atoms with Crippen molar-refractivity contribution in [3.05, 3.63) is 34.9 Å². The molecule has 0 radical (unpaired) electrons. The molecular weight excluding hydrogens is 336 g/mol. The second kappa shape index (κ2) is 8.39. The highest BCUT2D eigenvalue weighted by Crippen LogP contribution is 2.26. The van der Waals surface area contributed by atoms with Gasteiger partial charge in [0.05, 0.1) is 19.8 Å². The summed E-state index contributed by atoms with van der Waals surface area (Å²) in [4.78, 5) is 9.72. The lowest BCUT2D eigenvalue weighted by Gasteiger charge is -2.39. The zero-order valence-electron chi connectivity index (χ0n) is 15.3. The van der Waals surface area contributed by atoms with E-state index in [1.54, 1.807) is 0 Å². The third-order valence-electron chi connectivity index (χ3n) is 4.81. The average Bonchev–Trinajstić information content (AvgIpc) is 2.58. The van der Waals surface area contributed by atoms with Gasteiger partial charge in [0.25, 0.3) is 0 Å². The molecule has 1 N–H and O–H groups in total. The van der Waals surface area contributed by atoms with Gasteiger partial charge in [0.15, 0.2) is 5.96 Å². The Balaban J connectivity index is 1.53. The minimum absolute atomic E-state index is 0.217. The van der Waals surface area contributed by atoms with Crippen molar-refractivity contribution in [3.63, 3.8) is 0 Å². The summed E-state index contributed by atoms with van der Waals surface area (Å²) < 4.78 is 5.34. The fourth-order valence-corrected chi connectivity index (χ4v) is 3.46. The van der Waals surface area contributed by atoms with Gasteiger partial charge < -0.3 is 15.0 Å². The molecule has 2 aliphatic rings. The first-order valence-electron chi connectivity index (χ1n) is 9.16. The number of rotatable bonds is 5. The quantitative estimate of drug-likeness (QED) is 0.643. The number of piperazine rings is 1. The maximum absolute atomic E-state index is 6.09. The average molecular weight is 365 g/mol. The van der Waals surface area contributed by atoms with Crippen LogP contribution in [0.2, 0.25) is 5.02 Å². The van der Waals surface area contributed by atoms with Crippen molar-refractivity contribution < 1.29 is 4.74 Å². The molecule has 2 saturated heterocycles. The van der Waals surface area contributed by atoms with Gasteiger partial charge in [-0.2, -0.15) is 0 Å². The first kappa shape index (κ1) is 18.5. The van der Waals surface area contributed by atoms with E-state index in [-0.39, 0.29) is 5.41 Å². The second-order valence-corrected chi connectivity index (χ2v) is 7.80. The van der Waals surface area contributed by atoms with Crippen LogP contribution in [0.1, 0.15) is 19.4 Å². The van der Waals surface area contributed by atoms with E-state index in [1.807, 2.05) is 12.1 Å². The van der Waals surface area contributed by atoms with E-state index in [4.69, 9.17) is 21.3 Å². The van der Waals surface area contributed by atoms with Crippen LogP contribution in [0.4, 0.5) is 0 Å². The van der Waals surface area contributed by atoms with Gasteiger partial charge in [-0.15, -0.1) is 0 Å². The van der Waals surface area contributed by atoms with Gasteiger partial charge in [-0.05, 0) is 24.6 Å². The molecule has 25 heavy (non-hydrogen) atoms. The van der Waals surface area contributed by atoms with Crippen LogP contribution in [0, 0.1) is 5.41 Å². The lowest BCUT2D eigenvalue weighted by atomic mass is 9.89. The van der Waals surface area contributed by atoms with Gasteiger partial charge in [0, 0.05) is 49.7 Å². The Morgan fingerprint density at radius 3 is 2.64 bits per heavy atom. The Bertz CT molecular complexity index is 595. The molecule has 0 aromatic heterocycles. The zero-order chi connectivity index (χ0) is 17.7. The van der Waals surface area contributed by atoms with Crippen molar-refractivity contribution >= 4 is 17.6 Å². The Morgan fingerprint density at radius 2 is 2.04 bits per heavy atom. The molecule has 0 aliphatic carbocycles. The summed E-state index contributed by atoms with van der Waals surface area (Å²) in [6.07, 6.45) is 0. The van der Waals surface area contributed by atoms with Crippen molar-refractivity contribution in [1.82, 2.24) is 15.1 Å². The van der Waals surface area contributed by atoms with E-state index in [0.717, 1.165) is 70.0 Å². The number of nitrogens with zero attached hydrogens (tertiary/aromatic N) is 3. The van der Waals surface area contributed by atoms with Crippen molar-refractivity contribution in [2.24, 2.45) is 10.4 Å². The van der Waals surface area contributed by atoms with Crippen LogP contribution in [-0.4, -0.2) is 68.2 Å². The van der Waals surface area contributed by atoms with Gasteiger partial charge in [0.1, 0.15) is 0 Å². The monoisotopic (exact) mass is 364 g/mol. The molecule has 1 aromatic carbocycles. The zero-order valence-corrected chi connectivity index (χ0v) is 16.1. The van der Waals surface area contributed by atoms with Crippen LogP contribution in [-0.2, 0) is 11.3 Å². The first-order valence-corrected chi connectivity index (χ1v) is 9.54. The molecule has 2 fully saturated rings. The van der Waals surface area contributed by atoms with Gasteiger partial charge in [-0.3, -0.25) is 9.89 Å². The summed E-state index contributed by atoms with van der Waals surface area (Å²) in [6.45, 7) is 12.8. The fourth-order valence-electron chi connectivity index (χ4n) is 3.24. The summed E-state index contributed by atoms with van der Waals surface area (Å²) >= 11 is 6.09. The van der Waals surface area contributed by atoms with E-state index >= 15 is 0 Å². The van der Waals surface area contributed by atoms with Crippen LogP contribution in [0.15, 0.2) is 29.3 Å². The third kappa shape index (κ3) is 5.09. The molecule has 0 amide bonds. The van der Waals surface area contributed by atoms with Gasteiger partial charge >= 0.3 is 0 Å². The van der Waals surface area contributed by atoms with Gasteiger partial charge in [-0.25, -0.2) is 0 Å². The Hall–Kier alpha value is -1.30. The highest BCUT2D eigenvalue weighted by Gasteiger charge is 2.33. The molecular formula is C19H29ClN4O. The molecule has 3 rings (SSSR count). The van der Waals surface area contributed by atoms with Crippen LogP contribution in [0.3, 0.4) is 0 Å². The Labute approximate surface area is 156 Å². The second-order valence-electron chi connectivity index (χ2n) is 7.37. The van der Waals surface area contributed by atoms with Crippen LogP contribution < -0.4 is 5.32 Å². The summed E-state index contributed by atoms with van der Waals surface area (Å²) in [5.74, 6) is 1.04. The molecule has 0 unspecified atom stereocenters. The predicted molar refractivity (Wildman–Crippen MR) is 103 cm³/mol. The SMILES string of the molecule is CCNC(=NCC1(C)COC1)N1CCN(Cc2cccc(Cl)c2)CC1. The molecule has 5 nitrogen and oxygen atoms in total. The Kier molecular flexibility index (Phi) is 6.20. The smallest absolute Gasteiger partial charge is 0.194 e. The van der Waals surface area contributed by atoms with Gasteiger partial charge in [0.2, 0.25) is 0 Å². The lowest BCUT2D eigenvalue weighted by Crippen LogP contribution is -2.52. The van der Waals surface area contributed by atoms with Crippen LogP contribution in [0.5, 0.6) is 0 Å².